The van der Waals surface area contributed by atoms with Crippen LogP contribution < -0.4 is 5.32 Å². The Kier molecular flexibility index (Phi) is 6.18. The number of hydrogen-bond acceptors (Lipinski definition) is 3. The first-order valence-electron chi connectivity index (χ1n) is 6.65. The van der Waals surface area contributed by atoms with Gasteiger partial charge in [0.15, 0.2) is 0 Å². The molecular weight excluding hydrogens is 258 g/mol. The van der Waals surface area contributed by atoms with Gasteiger partial charge in [0.25, 0.3) is 0 Å². The molecule has 0 heterocycles. The highest BCUT2D eigenvalue weighted by Crippen LogP contribution is 2.07. The van der Waals surface area contributed by atoms with Gasteiger partial charge in [0.2, 0.25) is 5.91 Å². The number of aliphatic hydroxyl groups excluding tert-OH is 1. The standard InChI is InChI=1S/C15H21NO4/c1-10(2)8-13(17)14(18)16-12(15(19)20)9-11-6-4-3-5-7-11/h3-7,10,12-13,17H,8-9H2,1-2H3,(H,16,18)(H,19,20)/t12-,13+/m1/s1. The van der Waals surface area contributed by atoms with Crippen LogP contribution in [0, 0.1) is 5.92 Å². The smallest absolute Gasteiger partial charge is 0.326 e. The first kappa shape index (κ1) is 16.2. The Morgan fingerprint density at radius 1 is 1.20 bits per heavy atom. The Balaban J connectivity index is 2.64. The second kappa shape index (κ2) is 7.65. The summed E-state index contributed by atoms with van der Waals surface area (Å²) in [5, 5.41) is 21.2. The van der Waals surface area contributed by atoms with Crippen LogP contribution in [0.2, 0.25) is 0 Å². The lowest BCUT2D eigenvalue weighted by atomic mass is 10.0. The van der Waals surface area contributed by atoms with Crippen molar-refractivity contribution in [1.29, 1.82) is 0 Å². The van der Waals surface area contributed by atoms with E-state index in [1.54, 1.807) is 12.1 Å². The van der Waals surface area contributed by atoms with Crippen LogP contribution in [0.1, 0.15) is 25.8 Å². The van der Waals surface area contributed by atoms with Crippen LogP contribution in [-0.4, -0.2) is 34.2 Å². The molecule has 1 amide bonds. The van der Waals surface area contributed by atoms with Gasteiger partial charge in [-0.05, 0) is 17.9 Å². The summed E-state index contributed by atoms with van der Waals surface area (Å²) in [7, 11) is 0. The molecule has 0 fully saturated rings. The highest BCUT2D eigenvalue weighted by atomic mass is 16.4. The zero-order valence-corrected chi connectivity index (χ0v) is 11.7. The van der Waals surface area contributed by atoms with Gasteiger partial charge in [-0.3, -0.25) is 4.79 Å². The molecule has 0 aliphatic carbocycles. The van der Waals surface area contributed by atoms with Crippen molar-refractivity contribution in [2.75, 3.05) is 0 Å². The maximum absolute atomic E-state index is 11.8. The molecule has 110 valence electrons. The van der Waals surface area contributed by atoms with Crippen molar-refractivity contribution in [3.8, 4) is 0 Å². The van der Waals surface area contributed by atoms with Crippen molar-refractivity contribution in [2.24, 2.45) is 5.92 Å². The van der Waals surface area contributed by atoms with Gasteiger partial charge in [-0.1, -0.05) is 44.2 Å². The van der Waals surface area contributed by atoms with E-state index >= 15 is 0 Å². The van der Waals surface area contributed by atoms with Gasteiger partial charge in [0.1, 0.15) is 12.1 Å². The molecule has 0 aromatic heterocycles. The molecule has 5 heteroatoms. The summed E-state index contributed by atoms with van der Waals surface area (Å²) < 4.78 is 0. The molecule has 0 saturated carbocycles. The number of nitrogens with one attached hydrogen (secondary N) is 1. The van der Waals surface area contributed by atoms with Crippen LogP contribution in [0.25, 0.3) is 0 Å². The van der Waals surface area contributed by atoms with Gasteiger partial charge in [-0.2, -0.15) is 0 Å². The van der Waals surface area contributed by atoms with E-state index in [-0.39, 0.29) is 12.3 Å². The molecule has 0 aliphatic rings. The van der Waals surface area contributed by atoms with E-state index in [4.69, 9.17) is 5.11 Å². The second-order valence-electron chi connectivity index (χ2n) is 5.23. The number of rotatable bonds is 7. The second-order valence-corrected chi connectivity index (χ2v) is 5.23. The minimum Gasteiger partial charge on any atom is -0.480 e. The summed E-state index contributed by atoms with van der Waals surface area (Å²) in [6.07, 6.45) is -0.674. The number of carbonyl (C=O) groups is 2. The Morgan fingerprint density at radius 3 is 2.30 bits per heavy atom. The minimum atomic E-state index is -1.17. The average Bonchev–Trinajstić information content (AvgIpc) is 2.38. The topological polar surface area (TPSA) is 86.6 Å². The predicted molar refractivity (Wildman–Crippen MR) is 75.2 cm³/mol. The number of carboxylic acids is 1. The number of aliphatic hydroxyl groups is 1. The highest BCUT2D eigenvalue weighted by molar-refractivity contribution is 5.86. The molecule has 20 heavy (non-hydrogen) atoms. The molecule has 0 aliphatic heterocycles. The number of carbonyl (C=O) groups excluding carboxylic acids is 1. The van der Waals surface area contributed by atoms with Crippen molar-refractivity contribution in [3.05, 3.63) is 35.9 Å². The van der Waals surface area contributed by atoms with E-state index in [1.807, 2.05) is 32.0 Å². The summed E-state index contributed by atoms with van der Waals surface area (Å²) in [6.45, 7) is 3.77. The van der Waals surface area contributed by atoms with E-state index in [9.17, 15) is 14.7 Å². The first-order valence-corrected chi connectivity index (χ1v) is 6.65. The maximum Gasteiger partial charge on any atom is 0.326 e. The Hall–Kier alpha value is -1.88. The minimum absolute atomic E-state index is 0.160. The third-order valence-corrected chi connectivity index (χ3v) is 2.89. The molecule has 1 rings (SSSR count). The molecule has 1 aromatic rings. The fourth-order valence-corrected chi connectivity index (χ4v) is 1.87. The van der Waals surface area contributed by atoms with Crippen molar-refractivity contribution in [1.82, 2.24) is 5.32 Å². The van der Waals surface area contributed by atoms with Gasteiger partial charge in [0, 0.05) is 6.42 Å². The number of amides is 1. The van der Waals surface area contributed by atoms with Crippen molar-refractivity contribution < 1.29 is 19.8 Å². The zero-order valence-electron chi connectivity index (χ0n) is 11.7. The maximum atomic E-state index is 11.8. The summed E-state index contributed by atoms with van der Waals surface area (Å²) >= 11 is 0. The summed E-state index contributed by atoms with van der Waals surface area (Å²) in [5.74, 6) is -1.59. The highest BCUT2D eigenvalue weighted by Gasteiger charge is 2.24. The van der Waals surface area contributed by atoms with Crippen molar-refractivity contribution in [2.45, 2.75) is 38.8 Å². The summed E-state index contributed by atoms with van der Waals surface area (Å²) in [4.78, 5) is 22.9. The number of aliphatic carboxylic acids is 1. The fraction of sp³-hybridized carbons (Fsp3) is 0.467. The van der Waals surface area contributed by atoms with E-state index in [1.165, 1.54) is 0 Å². The van der Waals surface area contributed by atoms with Crippen LogP contribution in [-0.2, 0) is 16.0 Å². The third kappa shape index (κ3) is 5.40. The van der Waals surface area contributed by atoms with Crippen LogP contribution in [0.15, 0.2) is 30.3 Å². The average molecular weight is 279 g/mol. The van der Waals surface area contributed by atoms with Gasteiger partial charge in [0.05, 0.1) is 0 Å². The Morgan fingerprint density at radius 2 is 1.80 bits per heavy atom. The van der Waals surface area contributed by atoms with Crippen LogP contribution in [0.3, 0.4) is 0 Å². The largest absolute Gasteiger partial charge is 0.480 e. The molecule has 3 N–H and O–H groups in total. The first-order chi connectivity index (χ1) is 9.40. The van der Waals surface area contributed by atoms with Crippen molar-refractivity contribution in [3.63, 3.8) is 0 Å². The molecule has 0 bridgehead atoms. The monoisotopic (exact) mass is 279 g/mol. The van der Waals surface area contributed by atoms with Crippen LogP contribution in [0.4, 0.5) is 0 Å². The van der Waals surface area contributed by atoms with Crippen molar-refractivity contribution >= 4 is 11.9 Å². The van der Waals surface area contributed by atoms with E-state index in [0.29, 0.717) is 6.42 Å². The molecule has 0 radical (unpaired) electrons. The van der Waals surface area contributed by atoms with Gasteiger partial charge in [-0.25, -0.2) is 4.79 Å². The Labute approximate surface area is 118 Å². The molecule has 0 unspecified atom stereocenters. The van der Waals surface area contributed by atoms with Gasteiger partial charge in [-0.15, -0.1) is 0 Å². The summed E-state index contributed by atoms with van der Waals surface area (Å²) in [6, 6.07) is 8.02. The predicted octanol–water partition coefficient (Wildman–Crippen LogP) is 1.21. The third-order valence-electron chi connectivity index (χ3n) is 2.89. The molecular formula is C15H21NO4. The van der Waals surface area contributed by atoms with E-state index in [2.05, 4.69) is 5.32 Å². The normalized spacial score (nSPS) is 13.8. The molecule has 0 saturated heterocycles. The molecule has 1 aromatic carbocycles. The number of benzene rings is 1. The van der Waals surface area contributed by atoms with E-state index < -0.39 is 24.0 Å². The zero-order chi connectivity index (χ0) is 15.1. The lowest BCUT2D eigenvalue weighted by Crippen LogP contribution is -2.46. The van der Waals surface area contributed by atoms with Gasteiger partial charge >= 0.3 is 5.97 Å². The summed E-state index contributed by atoms with van der Waals surface area (Å²) in [5.41, 5.74) is 0.818. The lowest BCUT2D eigenvalue weighted by Gasteiger charge is -2.18. The van der Waals surface area contributed by atoms with Crippen LogP contribution in [0.5, 0.6) is 0 Å². The molecule has 5 nitrogen and oxygen atoms in total. The molecule has 2 atom stereocenters. The number of carboxylic acid groups (broad SMARTS) is 1. The van der Waals surface area contributed by atoms with Crippen LogP contribution >= 0.6 is 0 Å². The number of hydrogen-bond donors (Lipinski definition) is 3. The quantitative estimate of drug-likeness (QED) is 0.700. The fourth-order valence-electron chi connectivity index (χ4n) is 1.87. The molecule has 0 spiro atoms. The Bertz CT molecular complexity index is 444. The van der Waals surface area contributed by atoms with E-state index in [0.717, 1.165) is 5.56 Å². The van der Waals surface area contributed by atoms with Gasteiger partial charge < -0.3 is 15.5 Å². The SMILES string of the molecule is CC(C)C[C@H](O)C(=O)N[C@H](Cc1ccccc1)C(=O)O. The lowest BCUT2D eigenvalue weighted by molar-refractivity contribution is -0.143.